The number of ether oxygens (including phenoxy) is 1. The van der Waals surface area contributed by atoms with Crippen LogP contribution in [0.4, 0.5) is 10.2 Å². The predicted molar refractivity (Wildman–Crippen MR) is 101 cm³/mol. The van der Waals surface area contributed by atoms with Crippen molar-refractivity contribution >= 4 is 16.9 Å². The minimum Gasteiger partial charge on any atom is -0.491 e. The van der Waals surface area contributed by atoms with Crippen LogP contribution in [-0.4, -0.2) is 48.1 Å². The summed E-state index contributed by atoms with van der Waals surface area (Å²) in [6.07, 6.45) is 3.73. The lowest BCUT2D eigenvalue weighted by molar-refractivity contribution is 0.203. The second kappa shape index (κ2) is 7.92. The molecule has 3 heterocycles. The molecule has 1 aliphatic rings. The Balaban J connectivity index is 1.50. The normalized spacial score (nSPS) is 15.4. The van der Waals surface area contributed by atoms with Crippen LogP contribution >= 0.6 is 0 Å². The Morgan fingerprint density at radius 2 is 2.07 bits per heavy atom. The van der Waals surface area contributed by atoms with E-state index in [1.54, 1.807) is 24.4 Å². The number of aliphatic hydroxyl groups is 1. The van der Waals surface area contributed by atoms with E-state index in [1.165, 1.54) is 0 Å². The first-order valence-electron chi connectivity index (χ1n) is 9.18. The molecule has 0 spiro atoms. The average Bonchev–Trinajstić information content (AvgIpc) is 3.16. The highest BCUT2D eigenvalue weighted by Crippen LogP contribution is 2.28. The van der Waals surface area contributed by atoms with Gasteiger partial charge in [-0.2, -0.15) is 0 Å². The van der Waals surface area contributed by atoms with E-state index < -0.39 is 6.67 Å². The average molecular weight is 371 g/mol. The summed E-state index contributed by atoms with van der Waals surface area (Å²) in [5.41, 5.74) is 2.11. The molecule has 1 saturated heterocycles. The maximum absolute atomic E-state index is 12.2. The number of nitrogens with zero attached hydrogens (tertiary/aromatic N) is 3. The molecular formula is C20H22FN3O3. The quantitative estimate of drug-likeness (QED) is 0.716. The Hall–Kier alpha value is -2.67. The van der Waals surface area contributed by atoms with Crippen molar-refractivity contribution in [3.05, 3.63) is 36.5 Å². The zero-order valence-corrected chi connectivity index (χ0v) is 15.0. The summed E-state index contributed by atoms with van der Waals surface area (Å²) in [6, 6.07) is 9.18. The molecule has 0 saturated carbocycles. The zero-order chi connectivity index (χ0) is 18.6. The Labute approximate surface area is 156 Å². The first-order valence-corrected chi connectivity index (χ1v) is 9.18. The molecule has 7 heteroatoms. The predicted octanol–water partition coefficient (Wildman–Crippen LogP) is 3.45. The molecule has 1 N–H and O–H groups in total. The second-order valence-electron chi connectivity index (χ2n) is 6.70. The number of aromatic nitrogens is 2. The highest BCUT2D eigenvalue weighted by atomic mass is 19.1. The summed E-state index contributed by atoms with van der Waals surface area (Å²) in [4.78, 5) is 11.3. The zero-order valence-electron chi connectivity index (χ0n) is 15.0. The number of alkyl halides is 1. The minimum absolute atomic E-state index is 0.0213. The second-order valence-corrected chi connectivity index (χ2v) is 6.70. The van der Waals surface area contributed by atoms with Crippen LogP contribution < -0.4 is 9.64 Å². The number of fused-ring (bicyclic) bond motifs is 1. The van der Waals surface area contributed by atoms with Gasteiger partial charge in [-0.05, 0) is 43.0 Å². The summed E-state index contributed by atoms with van der Waals surface area (Å²) < 4.78 is 23.3. The highest BCUT2D eigenvalue weighted by molar-refractivity contribution is 5.77. The Morgan fingerprint density at radius 1 is 1.22 bits per heavy atom. The van der Waals surface area contributed by atoms with Crippen molar-refractivity contribution in [3.8, 4) is 17.2 Å². The van der Waals surface area contributed by atoms with E-state index in [9.17, 15) is 9.50 Å². The van der Waals surface area contributed by atoms with Crippen LogP contribution in [-0.2, 0) is 0 Å². The fourth-order valence-corrected chi connectivity index (χ4v) is 3.32. The molecule has 2 aromatic heterocycles. The van der Waals surface area contributed by atoms with Gasteiger partial charge in [-0.1, -0.05) is 0 Å². The van der Waals surface area contributed by atoms with Gasteiger partial charge in [0.2, 0.25) is 5.89 Å². The van der Waals surface area contributed by atoms with Crippen LogP contribution in [0.2, 0.25) is 0 Å². The highest BCUT2D eigenvalue weighted by Gasteiger charge is 2.19. The van der Waals surface area contributed by atoms with E-state index in [0.29, 0.717) is 28.7 Å². The lowest BCUT2D eigenvalue weighted by Crippen LogP contribution is -2.35. The molecule has 6 nitrogen and oxygen atoms in total. The van der Waals surface area contributed by atoms with Crippen LogP contribution in [0.15, 0.2) is 40.9 Å². The van der Waals surface area contributed by atoms with Gasteiger partial charge in [-0.3, -0.25) is 0 Å². The van der Waals surface area contributed by atoms with E-state index in [1.807, 2.05) is 12.1 Å². The number of oxazole rings is 1. The maximum atomic E-state index is 12.2. The lowest BCUT2D eigenvalue weighted by Gasteiger charge is -2.31. The van der Waals surface area contributed by atoms with E-state index in [0.717, 1.165) is 37.3 Å². The van der Waals surface area contributed by atoms with E-state index in [4.69, 9.17) is 9.15 Å². The topological polar surface area (TPSA) is 71.6 Å². The Kier molecular flexibility index (Phi) is 5.20. The van der Waals surface area contributed by atoms with Gasteiger partial charge in [0.1, 0.15) is 30.4 Å². The fourth-order valence-electron chi connectivity index (χ4n) is 3.32. The standard InChI is InChI=1S/C20H22FN3O3/c21-7-10-26-16-2-3-17-18(11-16)27-20(23-17)15-1-4-19(22-12-15)24-8-5-14(13-25)6-9-24/h1-4,11-12,14,25H,5-10,13H2. The minimum atomic E-state index is -0.532. The molecule has 0 atom stereocenters. The summed E-state index contributed by atoms with van der Waals surface area (Å²) in [6.45, 7) is 1.56. The third-order valence-corrected chi connectivity index (χ3v) is 4.90. The monoisotopic (exact) mass is 371 g/mol. The van der Waals surface area contributed by atoms with Crippen molar-refractivity contribution in [2.45, 2.75) is 12.8 Å². The van der Waals surface area contributed by atoms with Gasteiger partial charge in [-0.25, -0.2) is 14.4 Å². The Bertz CT molecular complexity index is 889. The van der Waals surface area contributed by atoms with Gasteiger partial charge in [0.25, 0.3) is 0 Å². The first-order chi connectivity index (χ1) is 13.3. The Morgan fingerprint density at radius 3 is 2.78 bits per heavy atom. The molecule has 0 aliphatic carbocycles. The molecule has 3 aromatic rings. The van der Waals surface area contributed by atoms with Gasteiger partial charge in [-0.15, -0.1) is 0 Å². The molecule has 0 amide bonds. The van der Waals surface area contributed by atoms with Crippen LogP contribution in [0.5, 0.6) is 5.75 Å². The molecule has 1 aliphatic heterocycles. The molecule has 142 valence electrons. The summed E-state index contributed by atoms with van der Waals surface area (Å²) in [7, 11) is 0. The summed E-state index contributed by atoms with van der Waals surface area (Å²) in [5, 5.41) is 9.25. The molecule has 27 heavy (non-hydrogen) atoms. The van der Waals surface area contributed by atoms with Crippen molar-refractivity contribution in [1.29, 1.82) is 0 Å². The van der Waals surface area contributed by atoms with Gasteiger partial charge >= 0.3 is 0 Å². The largest absolute Gasteiger partial charge is 0.491 e. The third-order valence-electron chi connectivity index (χ3n) is 4.90. The van der Waals surface area contributed by atoms with Gasteiger partial charge in [0.15, 0.2) is 5.58 Å². The number of hydrogen-bond acceptors (Lipinski definition) is 6. The van der Waals surface area contributed by atoms with Crippen molar-refractivity contribution in [2.75, 3.05) is 37.9 Å². The first kappa shape index (κ1) is 17.7. The van der Waals surface area contributed by atoms with Crippen molar-refractivity contribution in [2.24, 2.45) is 5.92 Å². The fraction of sp³-hybridized carbons (Fsp3) is 0.400. The van der Waals surface area contributed by atoms with E-state index in [-0.39, 0.29) is 13.2 Å². The molecule has 1 aromatic carbocycles. The number of pyridine rings is 1. The van der Waals surface area contributed by atoms with Crippen LogP contribution in [0.1, 0.15) is 12.8 Å². The smallest absolute Gasteiger partial charge is 0.228 e. The summed E-state index contributed by atoms with van der Waals surface area (Å²) >= 11 is 0. The van der Waals surface area contributed by atoms with Crippen LogP contribution in [0.3, 0.4) is 0 Å². The number of anilines is 1. The van der Waals surface area contributed by atoms with Gasteiger partial charge in [0.05, 0.1) is 5.56 Å². The molecular weight excluding hydrogens is 349 g/mol. The number of aliphatic hydroxyl groups excluding tert-OH is 1. The number of hydrogen-bond donors (Lipinski definition) is 1. The van der Waals surface area contributed by atoms with Crippen molar-refractivity contribution in [3.63, 3.8) is 0 Å². The molecule has 0 radical (unpaired) electrons. The number of rotatable bonds is 6. The summed E-state index contributed by atoms with van der Waals surface area (Å²) in [5.74, 6) is 2.38. The van der Waals surface area contributed by atoms with Crippen LogP contribution in [0.25, 0.3) is 22.6 Å². The van der Waals surface area contributed by atoms with Gasteiger partial charge in [0, 0.05) is 32.0 Å². The lowest BCUT2D eigenvalue weighted by atomic mass is 9.98. The van der Waals surface area contributed by atoms with Crippen molar-refractivity contribution < 1.29 is 18.7 Å². The molecule has 0 unspecified atom stereocenters. The van der Waals surface area contributed by atoms with E-state index in [2.05, 4.69) is 14.9 Å². The van der Waals surface area contributed by atoms with E-state index >= 15 is 0 Å². The number of piperidine rings is 1. The van der Waals surface area contributed by atoms with Crippen molar-refractivity contribution in [1.82, 2.24) is 9.97 Å². The molecule has 0 bridgehead atoms. The third kappa shape index (κ3) is 3.88. The molecule has 1 fully saturated rings. The van der Waals surface area contributed by atoms with Gasteiger partial charge < -0.3 is 19.2 Å². The number of halogens is 1. The SMILES string of the molecule is OCC1CCN(c2ccc(-c3nc4ccc(OCCF)cc4o3)cn2)CC1. The maximum Gasteiger partial charge on any atom is 0.228 e. The molecule has 4 rings (SSSR count). The number of benzene rings is 1. The van der Waals surface area contributed by atoms with Crippen LogP contribution in [0, 0.1) is 5.92 Å².